The van der Waals surface area contributed by atoms with Crippen LogP contribution >= 0.6 is 0 Å². The molecule has 2 unspecified atom stereocenters. The van der Waals surface area contributed by atoms with E-state index in [0.717, 1.165) is 12.8 Å². The van der Waals surface area contributed by atoms with Crippen molar-refractivity contribution in [1.82, 2.24) is 10.2 Å². The van der Waals surface area contributed by atoms with Crippen LogP contribution in [0.1, 0.15) is 40.5 Å². The molecule has 1 fully saturated rings. The molecule has 0 bridgehead atoms. The molecule has 1 saturated heterocycles. The molecule has 0 aliphatic carbocycles. The zero-order valence-electron chi connectivity index (χ0n) is 10.6. The van der Waals surface area contributed by atoms with Crippen molar-refractivity contribution in [3.63, 3.8) is 0 Å². The zero-order valence-corrected chi connectivity index (χ0v) is 10.6. The van der Waals surface area contributed by atoms with Crippen LogP contribution in [-0.4, -0.2) is 35.3 Å². The number of carbonyl (C=O) groups is 2. The molecule has 0 saturated carbocycles. The fourth-order valence-corrected chi connectivity index (χ4v) is 2.09. The Morgan fingerprint density at radius 2 is 2.00 bits per heavy atom. The van der Waals surface area contributed by atoms with Gasteiger partial charge in [-0.15, -0.1) is 0 Å². The van der Waals surface area contributed by atoms with Crippen LogP contribution in [0.15, 0.2) is 0 Å². The monoisotopic (exact) mass is 226 g/mol. The molecule has 92 valence electrons. The number of amides is 2. The number of hydrogen-bond donors (Lipinski definition) is 1. The fourth-order valence-electron chi connectivity index (χ4n) is 2.09. The van der Waals surface area contributed by atoms with Crippen molar-refractivity contribution in [1.29, 1.82) is 0 Å². The summed E-state index contributed by atoms with van der Waals surface area (Å²) in [6.07, 6.45) is 1.97. The van der Waals surface area contributed by atoms with Gasteiger partial charge in [-0.2, -0.15) is 0 Å². The first-order valence-electron chi connectivity index (χ1n) is 6.07. The molecule has 1 heterocycles. The predicted octanol–water partition coefficient (Wildman–Crippen LogP) is 1.16. The molecule has 0 aromatic heterocycles. The van der Waals surface area contributed by atoms with Gasteiger partial charge in [0.15, 0.2) is 0 Å². The third-order valence-corrected chi connectivity index (χ3v) is 3.08. The number of carbonyl (C=O) groups excluding carboxylic acids is 2. The van der Waals surface area contributed by atoms with Gasteiger partial charge in [-0.25, -0.2) is 0 Å². The van der Waals surface area contributed by atoms with Gasteiger partial charge in [0.05, 0.1) is 6.54 Å². The summed E-state index contributed by atoms with van der Waals surface area (Å²) in [5, 5.41) is 2.76. The Morgan fingerprint density at radius 3 is 2.50 bits per heavy atom. The topological polar surface area (TPSA) is 49.4 Å². The molecule has 2 atom stereocenters. The number of rotatable bonds is 4. The lowest BCUT2D eigenvalue weighted by atomic mass is 9.99. The van der Waals surface area contributed by atoms with Crippen molar-refractivity contribution >= 4 is 11.8 Å². The second-order valence-electron chi connectivity index (χ2n) is 4.89. The summed E-state index contributed by atoms with van der Waals surface area (Å²) >= 11 is 0. The highest BCUT2D eigenvalue weighted by Gasteiger charge is 2.36. The first kappa shape index (κ1) is 13.0. The standard InChI is InChI=1S/C12H22N2O2/c1-5-6-9(4)14-7-10(15)13-11(8(2)3)12(14)16/h8-9,11H,5-7H2,1-4H3,(H,13,15). The molecule has 0 spiro atoms. The van der Waals surface area contributed by atoms with Crippen molar-refractivity contribution in [2.45, 2.75) is 52.6 Å². The van der Waals surface area contributed by atoms with Gasteiger partial charge in [0.2, 0.25) is 11.8 Å². The van der Waals surface area contributed by atoms with E-state index in [-0.39, 0.29) is 36.4 Å². The van der Waals surface area contributed by atoms with Gasteiger partial charge in [-0.3, -0.25) is 9.59 Å². The summed E-state index contributed by atoms with van der Waals surface area (Å²) in [6.45, 7) is 8.22. The molecular weight excluding hydrogens is 204 g/mol. The number of nitrogens with one attached hydrogen (secondary N) is 1. The number of nitrogens with zero attached hydrogens (tertiary/aromatic N) is 1. The van der Waals surface area contributed by atoms with Crippen LogP contribution in [0.2, 0.25) is 0 Å². The molecule has 16 heavy (non-hydrogen) atoms. The molecule has 1 aliphatic rings. The second kappa shape index (κ2) is 5.32. The maximum absolute atomic E-state index is 12.1. The van der Waals surface area contributed by atoms with Crippen LogP contribution in [0.4, 0.5) is 0 Å². The van der Waals surface area contributed by atoms with E-state index in [1.807, 2.05) is 20.8 Å². The van der Waals surface area contributed by atoms with Crippen LogP contribution in [0.25, 0.3) is 0 Å². The van der Waals surface area contributed by atoms with E-state index in [9.17, 15) is 9.59 Å². The Morgan fingerprint density at radius 1 is 1.38 bits per heavy atom. The molecule has 1 rings (SSSR count). The second-order valence-corrected chi connectivity index (χ2v) is 4.89. The summed E-state index contributed by atoms with van der Waals surface area (Å²) < 4.78 is 0. The van der Waals surface area contributed by atoms with E-state index in [4.69, 9.17) is 0 Å². The van der Waals surface area contributed by atoms with Crippen molar-refractivity contribution in [2.24, 2.45) is 5.92 Å². The van der Waals surface area contributed by atoms with E-state index in [1.165, 1.54) is 0 Å². The van der Waals surface area contributed by atoms with E-state index in [0.29, 0.717) is 0 Å². The van der Waals surface area contributed by atoms with Gasteiger partial charge >= 0.3 is 0 Å². The lowest BCUT2D eigenvalue weighted by molar-refractivity contribution is -0.147. The van der Waals surface area contributed by atoms with Gasteiger partial charge in [0.25, 0.3) is 0 Å². The van der Waals surface area contributed by atoms with Crippen LogP contribution in [-0.2, 0) is 9.59 Å². The van der Waals surface area contributed by atoms with E-state index < -0.39 is 0 Å². The van der Waals surface area contributed by atoms with Gasteiger partial charge in [-0.05, 0) is 19.3 Å². The average molecular weight is 226 g/mol. The van der Waals surface area contributed by atoms with Gasteiger partial charge in [0, 0.05) is 6.04 Å². The van der Waals surface area contributed by atoms with Crippen LogP contribution in [0.5, 0.6) is 0 Å². The Balaban J connectivity index is 2.76. The van der Waals surface area contributed by atoms with E-state index >= 15 is 0 Å². The first-order chi connectivity index (χ1) is 7.47. The normalized spacial score (nSPS) is 23.6. The van der Waals surface area contributed by atoms with Gasteiger partial charge in [0.1, 0.15) is 6.04 Å². The zero-order chi connectivity index (χ0) is 12.3. The Kier molecular flexibility index (Phi) is 4.33. The summed E-state index contributed by atoms with van der Waals surface area (Å²) in [4.78, 5) is 25.4. The Hall–Kier alpha value is -1.06. The van der Waals surface area contributed by atoms with Crippen molar-refractivity contribution in [2.75, 3.05) is 6.54 Å². The van der Waals surface area contributed by atoms with Crippen LogP contribution in [0.3, 0.4) is 0 Å². The molecule has 0 aromatic carbocycles. The average Bonchev–Trinajstić information content (AvgIpc) is 2.20. The molecule has 2 amide bonds. The van der Waals surface area contributed by atoms with E-state index in [1.54, 1.807) is 4.90 Å². The maximum atomic E-state index is 12.1. The van der Waals surface area contributed by atoms with Crippen molar-refractivity contribution < 1.29 is 9.59 Å². The first-order valence-corrected chi connectivity index (χ1v) is 6.07. The SMILES string of the molecule is CCCC(C)N1CC(=O)NC(C(C)C)C1=O. The van der Waals surface area contributed by atoms with Crippen LogP contribution < -0.4 is 5.32 Å². The fraction of sp³-hybridized carbons (Fsp3) is 0.833. The van der Waals surface area contributed by atoms with Crippen molar-refractivity contribution in [3.8, 4) is 0 Å². The third kappa shape index (κ3) is 2.74. The van der Waals surface area contributed by atoms with E-state index in [2.05, 4.69) is 12.2 Å². The third-order valence-electron chi connectivity index (χ3n) is 3.08. The highest BCUT2D eigenvalue weighted by molar-refractivity contribution is 5.95. The number of piperazine rings is 1. The highest BCUT2D eigenvalue weighted by Crippen LogP contribution is 2.15. The summed E-state index contributed by atoms with van der Waals surface area (Å²) in [5.41, 5.74) is 0. The Bertz CT molecular complexity index is 276. The summed E-state index contributed by atoms with van der Waals surface area (Å²) in [6, 6.07) is -0.189. The molecule has 4 heteroatoms. The summed E-state index contributed by atoms with van der Waals surface area (Å²) in [5.74, 6) is 0.171. The molecule has 0 aromatic rings. The van der Waals surface area contributed by atoms with Gasteiger partial charge < -0.3 is 10.2 Å². The number of hydrogen-bond acceptors (Lipinski definition) is 2. The summed E-state index contributed by atoms with van der Waals surface area (Å²) in [7, 11) is 0. The quantitative estimate of drug-likeness (QED) is 0.782. The minimum absolute atomic E-state index is 0.0405. The Labute approximate surface area is 97.4 Å². The minimum Gasteiger partial charge on any atom is -0.343 e. The molecule has 0 radical (unpaired) electrons. The highest BCUT2D eigenvalue weighted by atomic mass is 16.2. The predicted molar refractivity (Wildman–Crippen MR) is 62.9 cm³/mol. The lowest BCUT2D eigenvalue weighted by Crippen LogP contribution is -2.61. The molecule has 1 aliphatic heterocycles. The largest absolute Gasteiger partial charge is 0.343 e. The lowest BCUT2D eigenvalue weighted by Gasteiger charge is -2.37. The minimum atomic E-state index is -0.347. The van der Waals surface area contributed by atoms with Gasteiger partial charge in [-0.1, -0.05) is 27.2 Å². The smallest absolute Gasteiger partial charge is 0.246 e. The van der Waals surface area contributed by atoms with Crippen molar-refractivity contribution in [3.05, 3.63) is 0 Å². The molecule has 4 nitrogen and oxygen atoms in total. The maximum Gasteiger partial charge on any atom is 0.246 e. The van der Waals surface area contributed by atoms with Crippen LogP contribution in [0, 0.1) is 5.92 Å². The molecular formula is C12H22N2O2. The molecule has 1 N–H and O–H groups in total.